The maximum Gasteiger partial charge on any atom is 0.203 e. The number of benzene rings is 2. The minimum Gasteiger partial charge on any atom is -0.493 e. The van der Waals surface area contributed by atoms with Crippen LogP contribution in [0.5, 0.6) is 28.7 Å². The van der Waals surface area contributed by atoms with Gasteiger partial charge in [-0.3, -0.25) is 0 Å². The molecular formula is C31H42N2O9S2. The number of methoxy groups -OCH3 is 3. The van der Waals surface area contributed by atoms with Crippen LogP contribution in [0.4, 0.5) is 0 Å². The van der Waals surface area contributed by atoms with E-state index in [1.807, 2.05) is 25.1 Å². The first kappa shape index (κ1) is 33.8. The molecule has 1 aromatic heterocycles. The first-order valence-electron chi connectivity index (χ1n) is 14.6. The maximum absolute atomic E-state index is 13.6. The quantitative estimate of drug-likeness (QED) is 0.141. The monoisotopic (exact) mass is 650 g/mol. The molecule has 2 heterocycles. The Kier molecular flexibility index (Phi) is 12.1. The van der Waals surface area contributed by atoms with Crippen molar-refractivity contribution in [2.24, 2.45) is 0 Å². The summed E-state index contributed by atoms with van der Waals surface area (Å²) in [5, 5.41) is 10.8. The van der Waals surface area contributed by atoms with Gasteiger partial charge in [0.2, 0.25) is 5.75 Å². The van der Waals surface area contributed by atoms with Crippen LogP contribution in [-0.2, 0) is 14.6 Å². The van der Waals surface area contributed by atoms with Gasteiger partial charge in [-0.25, -0.2) is 13.4 Å². The molecule has 44 heavy (non-hydrogen) atoms. The van der Waals surface area contributed by atoms with E-state index >= 15 is 0 Å². The molecule has 2 N–H and O–H groups in total. The van der Waals surface area contributed by atoms with Gasteiger partial charge in [0.05, 0.1) is 58.6 Å². The molecule has 2 aromatic carbocycles. The molecule has 1 aliphatic rings. The number of aliphatic hydroxyl groups excluding tert-OH is 1. The predicted molar refractivity (Wildman–Crippen MR) is 167 cm³/mol. The van der Waals surface area contributed by atoms with Crippen molar-refractivity contribution in [2.75, 3.05) is 46.0 Å². The molecule has 0 spiro atoms. The van der Waals surface area contributed by atoms with E-state index in [1.165, 1.54) is 6.92 Å². The second-order valence-electron chi connectivity index (χ2n) is 10.4. The minimum absolute atomic E-state index is 0.0100. The fraction of sp³-hybridized carbons (Fsp3) is 0.516. The number of hydrogen-bond acceptors (Lipinski definition) is 11. The molecule has 1 fully saturated rings. The highest BCUT2D eigenvalue weighted by Gasteiger charge is 2.33. The third-order valence-electron chi connectivity index (χ3n) is 7.00. The van der Waals surface area contributed by atoms with E-state index in [0.29, 0.717) is 67.5 Å². The van der Waals surface area contributed by atoms with Crippen molar-refractivity contribution >= 4 is 21.6 Å². The van der Waals surface area contributed by atoms with Crippen LogP contribution in [0.25, 0.3) is 0 Å². The lowest BCUT2D eigenvalue weighted by atomic mass is 10.0. The number of aromatic nitrogens is 2. The number of imidazole rings is 1. The lowest BCUT2D eigenvalue weighted by Gasteiger charge is -2.21. The summed E-state index contributed by atoms with van der Waals surface area (Å²) in [6, 6.07) is 7.15. The molecule has 0 amide bonds. The van der Waals surface area contributed by atoms with E-state index in [9.17, 15) is 13.5 Å². The summed E-state index contributed by atoms with van der Waals surface area (Å²) in [6.45, 7) is 4.05. The summed E-state index contributed by atoms with van der Waals surface area (Å²) < 4.78 is 62.3. The van der Waals surface area contributed by atoms with Gasteiger partial charge in [-0.05, 0) is 68.0 Å². The standard InChI is InChI=1S/C31H42N2O9S2/c1-6-12-41-30-27(40-13-7-14-43-31-32-10-11-33-31)17-22(18-28(30)44(35,36)19-20(2)34)24-9-8-23(42-24)21-15-25(37-3)29(39-5)26(16-21)38-4/h10-11,15-18,20,23-24,34H,6-9,12-14,19H2,1-5H3,(H,32,33)/t20?,23-,24-/m1/s1. The van der Waals surface area contributed by atoms with Gasteiger partial charge < -0.3 is 38.5 Å². The highest BCUT2D eigenvalue weighted by atomic mass is 32.2. The Balaban J connectivity index is 1.64. The van der Waals surface area contributed by atoms with E-state index in [0.717, 1.165) is 16.5 Å². The molecule has 1 unspecified atom stereocenters. The second kappa shape index (κ2) is 15.7. The minimum atomic E-state index is -3.93. The van der Waals surface area contributed by atoms with Crippen LogP contribution < -0.4 is 23.7 Å². The summed E-state index contributed by atoms with van der Waals surface area (Å²) in [7, 11) is 0.754. The van der Waals surface area contributed by atoms with Gasteiger partial charge in [-0.2, -0.15) is 0 Å². The molecule has 13 heteroatoms. The van der Waals surface area contributed by atoms with E-state index in [2.05, 4.69) is 9.97 Å². The first-order valence-corrected chi connectivity index (χ1v) is 17.3. The molecule has 1 aliphatic heterocycles. The molecule has 0 aliphatic carbocycles. The van der Waals surface area contributed by atoms with Gasteiger partial charge in [0.15, 0.2) is 38.0 Å². The summed E-state index contributed by atoms with van der Waals surface area (Å²) >= 11 is 1.58. The van der Waals surface area contributed by atoms with Gasteiger partial charge in [0.25, 0.3) is 0 Å². The van der Waals surface area contributed by atoms with Gasteiger partial charge in [-0.15, -0.1) is 0 Å². The van der Waals surface area contributed by atoms with Crippen LogP contribution in [0.1, 0.15) is 62.9 Å². The Labute approximate surface area is 263 Å². The normalized spacial score (nSPS) is 17.3. The van der Waals surface area contributed by atoms with Crippen molar-refractivity contribution in [1.29, 1.82) is 0 Å². The molecule has 0 bridgehead atoms. The molecule has 242 valence electrons. The zero-order valence-electron chi connectivity index (χ0n) is 25.8. The highest BCUT2D eigenvalue weighted by Crippen LogP contribution is 2.48. The van der Waals surface area contributed by atoms with Crippen LogP contribution in [0.2, 0.25) is 0 Å². The van der Waals surface area contributed by atoms with E-state index < -0.39 is 27.8 Å². The average Bonchev–Trinajstić information content (AvgIpc) is 3.71. The Hall–Kier alpha value is -3.13. The summed E-state index contributed by atoms with van der Waals surface area (Å²) in [4.78, 5) is 7.27. The fourth-order valence-electron chi connectivity index (χ4n) is 5.03. The smallest absolute Gasteiger partial charge is 0.203 e. The Morgan fingerprint density at radius 1 is 0.977 bits per heavy atom. The molecule has 3 aromatic rings. The van der Waals surface area contributed by atoms with Gasteiger partial charge in [0, 0.05) is 18.1 Å². The van der Waals surface area contributed by atoms with Crippen LogP contribution in [-0.4, -0.2) is 75.6 Å². The SMILES string of the molecule is CCCOc1c(OCCCSc2ncc[nH]2)cc([C@H]2CC[C@H](c3cc(OC)c(OC)c(OC)c3)O2)cc1S(=O)(=O)CC(C)O. The zero-order valence-corrected chi connectivity index (χ0v) is 27.5. The molecular weight excluding hydrogens is 608 g/mol. The van der Waals surface area contributed by atoms with Crippen LogP contribution in [0.3, 0.4) is 0 Å². The van der Waals surface area contributed by atoms with Crippen molar-refractivity contribution < 1.29 is 41.9 Å². The number of hydrogen-bond donors (Lipinski definition) is 2. The second-order valence-corrected chi connectivity index (χ2v) is 13.5. The number of nitrogens with zero attached hydrogens (tertiary/aromatic N) is 1. The molecule has 3 atom stereocenters. The Morgan fingerprint density at radius 2 is 1.64 bits per heavy atom. The first-order chi connectivity index (χ1) is 21.2. The largest absolute Gasteiger partial charge is 0.493 e. The third kappa shape index (κ3) is 8.32. The number of sulfone groups is 1. The molecule has 1 saturated heterocycles. The average molecular weight is 651 g/mol. The summed E-state index contributed by atoms with van der Waals surface area (Å²) in [5.74, 6) is 2.36. The van der Waals surface area contributed by atoms with Crippen molar-refractivity contribution in [1.82, 2.24) is 9.97 Å². The van der Waals surface area contributed by atoms with Gasteiger partial charge in [0.1, 0.15) is 4.90 Å². The van der Waals surface area contributed by atoms with Crippen molar-refractivity contribution in [3.63, 3.8) is 0 Å². The number of aromatic amines is 1. The van der Waals surface area contributed by atoms with E-state index in [-0.39, 0.29) is 16.7 Å². The number of rotatable bonds is 17. The van der Waals surface area contributed by atoms with E-state index in [1.54, 1.807) is 51.6 Å². The Bertz CT molecular complexity index is 1440. The zero-order chi connectivity index (χ0) is 31.7. The Morgan fingerprint density at radius 3 is 2.20 bits per heavy atom. The molecule has 4 rings (SSSR count). The number of nitrogens with one attached hydrogen (secondary N) is 1. The highest BCUT2D eigenvalue weighted by molar-refractivity contribution is 7.99. The lowest BCUT2D eigenvalue weighted by Crippen LogP contribution is -2.19. The summed E-state index contributed by atoms with van der Waals surface area (Å²) in [6.07, 6.45) is 4.43. The topological polar surface area (TPSA) is 138 Å². The fourth-order valence-corrected chi connectivity index (χ4v) is 7.34. The van der Waals surface area contributed by atoms with Gasteiger partial charge >= 0.3 is 0 Å². The number of ether oxygens (including phenoxy) is 6. The van der Waals surface area contributed by atoms with Crippen LogP contribution >= 0.6 is 11.8 Å². The van der Waals surface area contributed by atoms with Gasteiger partial charge in [-0.1, -0.05) is 18.7 Å². The molecule has 11 nitrogen and oxygen atoms in total. The predicted octanol–water partition coefficient (Wildman–Crippen LogP) is 5.53. The van der Waals surface area contributed by atoms with Crippen molar-refractivity contribution in [3.8, 4) is 28.7 Å². The number of aliphatic hydroxyl groups is 1. The molecule has 0 saturated carbocycles. The lowest BCUT2D eigenvalue weighted by molar-refractivity contribution is 0.0435. The third-order valence-corrected chi connectivity index (χ3v) is 9.88. The maximum atomic E-state index is 13.6. The van der Waals surface area contributed by atoms with Crippen molar-refractivity contribution in [3.05, 3.63) is 47.8 Å². The van der Waals surface area contributed by atoms with Crippen LogP contribution in [0.15, 0.2) is 46.7 Å². The van der Waals surface area contributed by atoms with E-state index in [4.69, 9.17) is 28.4 Å². The summed E-state index contributed by atoms with van der Waals surface area (Å²) in [5.41, 5.74) is 1.52. The molecule has 0 radical (unpaired) electrons. The van der Waals surface area contributed by atoms with Crippen molar-refractivity contribution in [2.45, 2.75) is 67.9 Å². The van der Waals surface area contributed by atoms with Crippen LogP contribution in [0, 0.1) is 0 Å². The number of H-pyrrole nitrogens is 1. The number of thioether (sulfide) groups is 1.